The molecule has 0 amide bonds. The summed E-state index contributed by atoms with van der Waals surface area (Å²) in [5.41, 5.74) is 3.97. The Bertz CT molecular complexity index is 406. The lowest BCUT2D eigenvalue weighted by Gasteiger charge is -2.10. The van der Waals surface area contributed by atoms with Crippen LogP contribution in [0.4, 0.5) is 5.69 Å². The largest absolute Gasteiger partial charge is 0.478 e. The van der Waals surface area contributed by atoms with E-state index in [-0.39, 0.29) is 10.7 Å². The van der Waals surface area contributed by atoms with Gasteiger partial charge in [-0.2, -0.15) is 0 Å². The van der Waals surface area contributed by atoms with Gasteiger partial charge >= 0.3 is 5.97 Å². The molecule has 1 aromatic rings. The minimum absolute atomic E-state index is 0.197. The van der Waals surface area contributed by atoms with Crippen LogP contribution in [0.1, 0.15) is 15.9 Å². The van der Waals surface area contributed by atoms with Crippen LogP contribution < -0.4 is 16.6 Å². The van der Waals surface area contributed by atoms with Crippen molar-refractivity contribution < 1.29 is 9.90 Å². The van der Waals surface area contributed by atoms with Crippen LogP contribution >= 0.6 is 12.2 Å². The third-order valence-electron chi connectivity index (χ3n) is 1.86. The average molecular weight is 225 g/mol. The van der Waals surface area contributed by atoms with Crippen molar-refractivity contribution in [2.24, 2.45) is 5.84 Å². The molecule has 0 radical (unpaired) electrons. The molecule has 1 rings (SSSR count). The van der Waals surface area contributed by atoms with Gasteiger partial charge in [-0.15, -0.1) is 0 Å². The Morgan fingerprint density at radius 2 is 2.20 bits per heavy atom. The SMILES string of the molecule is Cc1ccc(C(=O)O)cc1NC(=S)NN. The summed E-state index contributed by atoms with van der Waals surface area (Å²) < 4.78 is 0. The van der Waals surface area contributed by atoms with Crippen molar-refractivity contribution in [1.82, 2.24) is 5.43 Å². The van der Waals surface area contributed by atoms with Crippen LogP contribution in [0.25, 0.3) is 0 Å². The molecule has 6 heteroatoms. The van der Waals surface area contributed by atoms with E-state index in [9.17, 15) is 4.79 Å². The molecule has 0 unspecified atom stereocenters. The predicted molar refractivity (Wildman–Crippen MR) is 61.7 cm³/mol. The van der Waals surface area contributed by atoms with Gasteiger partial charge in [-0.1, -0.05) is 6.07 Å². The van der Waals surface area contributed by atoms with Crippen LogP contribution in [-0.2, 0) is 0 Å². The van der Waals surface area contributed by atoms with Crippen LogP contribution in [0.5, 0.6) is 0 Å². The zero-order valence-corrected chi connectivity index (χ0v) is 8.89. The molecule has 0 aromatic heterocycles. The van der Waals surface area contributed by atoms with E-state index in [2.05, 4.69) is 10.7 Å². The van der Waals surface area contributed by atoms with E-state index >= 15 is 0 Å². The molecule has 0 spiro atoms. The number of aromatic carboxylic acids is 1. The Labute approximate surface area is 92.3 Å². The monoisotopic (exact) mass is 225 g/mol. The molecule has 0 bridgehead atoms. The zero-order chi connectivity index (χ0) is 11.4. The van der Waals surface area contributed by atoms with E-state index < -0.39 is 5.97 Å². The topological polar surface area (TPSA) is 87.4 Å². The molecule has 0 saturated heterocycles. The molecule has 5 nitrogen and oxygen atoms in total. The lowest BCUT2D eigenvalue weighted by Crippen LogP contribution is -2.34. The number of anilines is 1. The number of carboxylic acid groups (broad SMARTS) is 1. The third kappa shape index (κ3) is 2.90. The van der Waals surface area contributed by atoms with Crippen molar-refractivity contribution in [1.29, 1.82) is 0 Å². The maximum Gasteiger partial charge on any atom is 0.335 e. The number of hydrogen-bond acceptors (Lipinski definition) is 3. The molecule has 0 fully saturated rings. The molecule has 80 valence electrons. The predicted octanol–water partition coefficient (Wildman–Crippen LogP) is 0.853. The van der Waals surface area contributed by atoms with Gasteiger partial charge in [-0.3, -0.25) is 0 Å². The molecular weight excluding hydrogens is 214 g/mol. The van der Waals surface area contributed by atoms with Crippen molar-refractivity contribution in [3.8, 4) is 0 Å². The van der Waals surface area contributed by atoms with Crippen molar-refractivity contribution in [3.63, 3.8) is 0 Å². The molecule has 0 aliphatic carbocycles. The summed E-state index contributed by atoms with van der Waals surface area (Å²) in [6, 6.07) is 4.73. The maximum absolute atomic E-state index is 10.7. The van der Waals surface area contributed by atoms with Gasteiger partial charge in [-0.05, 0) is 36.8 Å². The lowest BCUT2D eigenvalue weighted by atomic mass is 10.1. The maximum atomic E-state index is 10.7. The number of nitrogens with two attached hydrogens (primary N) is 1. The van der Waals surface area contributed by atoms with E-state index in [1.807, 2.05) is 6.92 Å². The average Bonchev–Trinajstić information content (AvgIpc) is 2.20. The van der Waals surface area contributed by atoms with Gasteiger partial charge in [0.25, 0.3) is 0 Å². The first-order chi connectivity index (χ1) is 7.04. The highest BCUT2D eigenvalue weighted by Gasteiger charge is 2.06. The second-order valence-corrected chi connectivity index (χ2v) is 3.34. The molecule has 0 saturated carbocycles. The fourth-order valence-corrected chi connectivity index (χ4v) is 1.16. The van der Waals surface area contributed by atoms with Crippen LogP contribution in [0, 0.1) is 6.92 Å². The summed E-state index contributed by atoms with van der Waals surface area (Å²) >= 11 is 4.81. The molecular formula is C9H11N3O2S. The number of carbonyl (C=O) groups is 1. The van der Waals surface area contributed by atoms with Crippen molar-refractivity contribution in [3.05, 3.63) is 29.3 Å². The number of nitrogens with one attached hydrogen (secondary N) is 2. The zero-order valence-electron chi connectivity index (χ0n) is 8.07. The summed E-state index contributed by atoms with van der Waals surface area (Å²) in [4.78, 5) is 10.7. The number of hydrazine groups is 1. The summed E-state index contributed by atoms with van der Waals surface area (Å²) in [7, 11) is 0. The number of benzene rings is 1. The molecule has 5 N–H and O–H groups in total. The van der Waals surface area contributed by atoms with Gasteiger partial charge < -0.3 is 15.8 Å². The Hall–Kier alpha value is -1.66. The van der Waals surface area contributed by atoms with Crippen LogP contribution in [0.15, 0.2) is 18.2 Å². The Kier molecular flexibility index (Phi) is 3.59. The number of hydrogen-bond donors (Lipinski definition) is 4. The van der Waals surface area contributed by atoms with Gasteiger partial charge in [0, 0.05) is 5.69 Å². The fraction of sp³-hybridized carbons (Fsp3) is 0.111. The standard InChI is InChI=1S/C9H11N3O2S/c1-5-2-3-6(8(13)14)4-7(5)11-9(15)12-10/h2-4H,10H2,1H3,(H,13,14)(H2,11,12,15). The summed E-state index contributed by atoms with van der Waals surface area (Å²) in [5.74, 6) is 4.12. The minimum Gasteiger partial charge on any atom is -0.478 e. The smallest absolute Gasteiger partial charge is 0.335 e. The normalized spacial score (nSPS) is 9.47. The molecule has 15 heavy (non-hydrogen) atoms. The van der Waals surface area contributed by atoms with Crippen molar-refractivity contribution >= 4 is 29.0 Å². The van der Waals surface area contributed by atoms with E-state index in [1.54, 1.807) is 6.07 Å². The first-order valence-electron chi connectivity index (χ1n) is 4.16. The number of rotatable bonds is 2. The third-order valence-corrected chi connectivity index (χ3v) is 2.08. The summed E-state index contributed by atoms with van der Waals surface area (Å²) in [6.45, 7) is 1.84. The minimum atomic E-state index is -0.982. The van der Waals surface area contributed by atoms with Gasteiger partial charge in [0.15, 0.2) is 5.11 Å². The molecule has 0 aliphatic rings. The van der Waals surface area contributed by atoms with Crippen molar-refractivity contribution in [2.75, 3.05) is 5.32 Å². The molecule has 0 atom stereocenters. The quantitative estimate of drug-likeness (QED) is 0.339. The molecule has 0 aliphatic heterocycles. The number of thiocarbonyl (C=S) groups is 1. The van der Waals surface area contributed by atoms with E-state index in [1.165, 1.54) is 12.1 Å². The van der Waals surface area contributed by atoms with E-state index in [4.69, 9.17) is 23.2 Å². The number of carboxylic acids is 1. The Balaban J connectivity index is 3.00. The lowest BCUT2D eigenvalue weighted by molar-refractivity contribution is 0.0697. The highest BCUT2D eigenvalue weighted by Crippen LogP contribution is 2.16. The first-order valence-corrected chi connectivity index (χ1v) is 4.57. The molecule has 0 heterocycles. The van der Waals surface area contributed by atoms with Gasteiger partial charge in [0.1, 0.15) is 0 Å². The summed E-state index contributed by atoms with van der Waals surface area (Å²) in [6.07, 6.45) is 0. The van der Waals surface area contributed by atoms with Crippen molar-refractivity contribution in [2.45, 2.75) is 6.92 Å². The first kappa shape index (κ1) is 11.4. The highest BCUT2D eigenvalue weighted by molar-refractivity contribution is 7.80. The highest BCUT2D eigenvalue weighted by atomic mass is 32.1. The van der Waals surface area contributed by atoms with Gasteiger partial charge in [0.2, 0.25) is 0 Å². The summed E-state index contributed by atoms with van der Waals surface area (Å²) in [5, 5.41) is 11.8. The van der Waals surface area contributed by atoms with Crippen LogP contribution in [-0.4, -0.2) is 16.2 Å². The van der Waals surface area contributed by atoms with Crippen LogP contribution in [0.3, 0.4) is 0 Å². The second-order valence-electron chi connectivity index (χ2n) is 2.93. The Morgan fingerprint density at radius 3 is 2.73 bits per heavy atom. The van der Waals surface area contributed by atoms with Gasteiger partial charge in [-0.25, -0.2) is 10.6 Å². The molecule has 1 aromatic carbocycles. The Morgan fingerprint density at radius 1 is 1.53 bits per heavy atom. The second kappa shape index (κ2) is 4.72. The van der Waals surface area contributed by atoms with Gasteiger partial charge in [0.05, 0.1) is 5.56 Å². The van der Waals surface area contributed by atoms with E-state index in [0.717, 1.165) is 5.56 Å². The van der Waals surface area contributed by atoms with E-state index in [0.29, 0.717) is 5.69 Å². The fourth-order valence-electron chi connectivity index (χ4n) is 1.05. The number of aryl methyl sites for hydroxylation is 1. The van der Waals surface area contributed by atoms with Crippen LogP contribution in [0.2, 0.25) is 0 Å².